The number of benzene rings is 1. The Morgan fingerprint density at radius 3 is 2.91 bits per heavy atom. The van der Waals surface area contributed by atoms with Gasteiger partial charge in [-0.1, -0.05) is 23.2 Å². The van der Waals surface area contributed by atoms with Gasteiger partial charge in [-0.2, -0.15) is 0 Å². The number of carbonyl (C=O) groups excluding carboxylic acids is 1. The second kappa shape index (κ2) is 7.84. The molecule has 1 aromatic carbocycles. The maximum atomic E-state index is 12.2. The van der Waals surface area contributed by atoms with Crippen LogP contribution in [0.4, 0.5) is 5.69 Å². The number of halogens is 3. The van der Waals surface area contributed by atoms with E-state index in [0.29, 0.717) is 28.2 Å². The molecular weight excluding hydrogens is 345 g/mol. The van der Waals surface area contributed by atoms with Crippen LogP contribution < -0.4 is 10.6 Å². The van der Waals surface area contributed by atoms with Crippen LogP contribution in [0, 0.1) is 11.8 Å². The number of anilines is 1. The largest absolute Gasteiger partial charge is 0.324 e. The fourth-order valence-corrected chi connectivity index (χ4v) is 3.58. The maximum Gasteiger partial charge on any atom is 0.238 e. The average Bonchev–Trinajstić information content (AvgIpc) is 2.90. The summed E-state index contributed by atoms with van der Waals surface area (Å²) in [4.78, 5) is 14.4. The van der Waals surface area contributed by atoms with Gasteiger partial charge in [0.25, 0.3) is 0 Å². The third-order valence-corrected chi connectivity index (χ3v) is 4.92. The van der Waals surface area contributed by atoms with Crippen molar-refractivity contribution in [1.82, 2.24) is 10.2 Å². The molecule has 3 rings (SSSR count). The molecule has 2 saturated heterocycles. The molecule has 0 saturated carbocycles. The summed E-state index contributed by atoms with van der Waals surface area (Å²) in [7, 11) is 0. The molecule has 4 nitrogen and oxygen atoms in total. The summed E-state index contributed by atoms with van der Waals surface area (Å²) in [5, 5.41) is 7.35. The van der Waals surface area contributed by atoms with E-state index in [1.54, 1.807) is 18.2 Å². The van der Waals surface area contributed by atoms with Gasteiger partial charge in [-0.25, -0.2) is 0 Å². The minimum atomic E-state index is -0.0384. The number of likely N-dealkylation sites (tertiary alicyclic amines) is 1. The standard InChI is InChI=1S/C15H19Cl2N3O.ClH/c16-12-1-2-13(17)14(5-12)19-15(21)9-20-4-3-10-6-18-7-11(10)8-20;/h1-2,5,10-11,18H,3-4,6-9H2,(H,19,21);1H. The summed E-state index contributed by atoms with van der Waals surface area (Å²) in [6.45, 7) is 4.59. The molecular formula is C15H20Cl3N3O. The summed E-state index contributed by atoms with van der Waals surface area (Å²) < 4.78 is 0. The van der Waals surface area contributed by atoms with E-state index in [2.05, 4.69) is 15.5 Å². The van der Waals surface area contributed by atoms with Gasteiger partial charge in [0.1, 0.15) is 0 Å². The van der Waals surface area contributed by atoms with Crippen LogP contribution in [-0.4, -0.2) is 43.5 Å². The van der Waals surface area contributed by atoms with E-state index in [1.807, 2.05) is 0 Å². The molecule has 0 spiro atoms. The van der Waals surface area contributed by atoms with Crippen molar-refractivity contribution in [3.05, 3.63) is 28.2 Å². The molecule has 1 aromatic rings. The summed E-state index contributed by atoms with van der Waals surface area (Å²) in [5.74, 6) is 1.43. The van der Waals surface area contributed by atoms with Crippen molar-refractivity contribution >= 4 is 47.2 Å². The summed E-state index contributed by atoms with van der Waals surface area (Å²) in [6, 6.07) is 5.07. The number of amides is 1. The highest BCUT2D eigenvalue weighted by atomic mass is 35.5. The quantitative estimate of drug-likeness (QED) is 0.867. The molecule has 2 N–H and O–H groups in total. The smallest absolute Gasteiger partial charge is 0.238 e. The van der Waals surface area contributed by atoms with E-state index in [4.69, 9.17) is 23.2 Å². The number of hydrogen-bond donors (Lipinski definition) is 2. The Morgan fingerprint density at radius 2 is 2.09 bits per heavy atom. The second-order valence-corrected chi connectivity index (χ2v) is 6.72. The Kier molecular flexibility index (Phi) is 6.36. The zero-order chi connectivity index (χ0) is 14.8. The highest BCUT2D eigenvalue weighted by molar-refractivity contribution is 6.35. The Morgan fingerprint density at radius 1 is 1.32 bits per heavy atom. The van der Waals surface area contributed by atoms with Gasteiger partial charge < -0.3 is 10.6 Å². The van der Waals surface area contributed by atoms with Gasteiger partial charge in [-0.15, -0.1) is 12.4 Å². The maximum absolute atomic E-state index is 12.2. The molecule has 7 heteroatoms. The minimum Gasteiger partial charge on any atom is -0.324 e. The molecule has 2 heterocycles. The van der Waals surface area contributed by atoms with Crippen molar-refractivity contribution in [2.75, 3.05) is 38.0 Å². The Bertz CT molecular complexity index is 541. The van der Waals surface area contributed by atoms with E-state index in [0.717, 1.165) is 32.1 Å². The molecule has 22 heavy (non-hydrogen) atoms. The highest BCUT2D eigenvalue weighted by Gasteiger charge is 2.33. The molecule has 1 amide bonds. The van der Waals surface area contributed by atoms with E-state index >= 15 is 0 Å². The van der Waals surface area contributed by atoms with Crippen molar-refractivity contribution in [2.24, 2.45) is 11.8 Å². The summed E-state index contributed by atoms with van der Waals surface area (Å²) in [6.07, 6.45) is 1.17. The first-order chi connectivity index (χ1) is 10.1. The minimum absolute atomic E-state index is 0. The van der Waals surface area contributed by atoms with E-state index in [9.17, 15) is 4.79 Å². The number of piperidine rings is 1. The van der Waals surface area contributed by atoms with E-state index in [1.165, 1.54) is 6.42 Å². The van der Waals surface area contributed by atoms with Crippen LogP contribution in [0.15, 0.2) is 18.2 Å². The van der Waals surface area contributed by atoms with Crippen LogP contribution in [0.2, 0.25) is 10.0 Å². The fraction of sp³-hybridized carbons (Fsp3) is 0.533. The summed E-state index contributed by atoms with van der Waals surface area (Å²) >= 11 is 12.0. The predicted molar refractivity (Wildman–Crippen MR) is 93.2 cm³/mol. The molecule has 0 bridgehead atoms. The van der Waals surface area contributed by atoms with Gasteiger partial charge >= 0.3 is 0 Å². The van der Waals surface area contributed by atoms with Crippen molar-refractivity contribution in [2.45, 2.75) is 6.42 Å². The molecule has 0 aromatic heterocycles. The Hall–Kier alpha value is -0.520. The first kappa shape index (κ1) is 17.8. The number of rotatable bonds is 3. The topological polar surface area (TPSA) is 44.4 Å². The average molecular weight is 365 g/mol. The van der Waals surface area contributed by atoms with Crippen LogP contribution in [0.1, 0.15) is 6.42 Å². The lowest BCUT2D eigenvalue weighted by Gasteiger charge is -2.33. The molecule has 2 atom stereocenters. The van der Waals surface area contributed by atoms with Gasteiger partial charge in [0.05, 0.1) is 17.3 Å². The van der Waals surface area contributed by atoms with Crippen LogP contribution in [0.5, 0.6) is 0 Å². The van der Waals surface area contributed by atoms with Gasteiger partial charge in [-0.05, 0) is 56.1 Å². The van der Waals surface area contributed by atoms with E-state index < -0.39 is 0 Å². The van der Waals surface area contributed by atoms with Gasteiger partial charge in [0.15, 0.2) is 0 Å². The first-order valence-electron chi connectivity index (χ1n) is 7.30. The molecule has 2 aliphatic rings. The number of fused-ring (bicyclic) bond motifs is 1. The van der Waals surface area contributed by atoms with Crippen molar-refractivity contribution < 1.29 is 4.79 Å². The SMILES string of the molecule is Cl.O=C(CN1CCC2CNCC2C1)Nc1cc(Cl)ccc1Cl. The van der Waals surface area contributed by atoms with Crippen LogP contribution in [-0.2, 0) is 4.79 Å². The number of nitrogens with one attached hydrogen (secondary N) is 2. The Labute approximate surface area is 146 Å². The summed E-state index contributed by atoms with van der Waals surface area (Å²) in [5.41, 5.74) is 0.576. The zero-order valence-electron chi connectivity index (χ0n) is 12.1. The first-order valence-corrected chi connectivity index (χ1v) is 8.05. The molecule has 2 fully saturated rings. The second-order valence-electron chi connectivity index (χ2n) is 5.87. The number of hydrogen-bond acceptors (Lipinski definition) is 3. The molecule has 0 aliphatic carbocycles. The van der Waals surface area contributed by atoms with Crippen LogP contribution in [0.3, 0.4) is 0 Å². The van der Waals surface area contributed by atoms with Crippen LogP contribution in [0.25, 0.3) is 0 Å². The van der Waals surface area contributed by atoms with Crippen molar-refractivity contribution in [1.29, 1.82) is 0 Å². The predicted octanol–water partition coefficient (Wildman–Crippen LogP) is 2.90. The normalized spacial score (nSPS) is 24.5. The fourth-order valence-electron chi connectivity index (χ4n) is 3.24. The monoisotopic (exact) mass is 363 g/mol. The molecule has 2 unspecified atom stereocenters. The van der Waals surface area contributed by atoms with Gasteiger partial charge in [-0.3, -0.25) is 9.69 Å². The lowest BCUT2D eigenvalue weighted by Crippen LogP contribution is -2.43. The van der Waals surface area contributed by atoms with Gasteiger partial charge in [0.2, 0.25) is 5.91 Å². The molecule has 0 radical (unpaired) electrons. The molecule has 2 aliphatic heterocycles. The third kappa shape index (κ3) is 4.27. The third-order valence-electron chi connectivity index (χ3n) is 4.36. The number of nitrogens with zero attached hydrogens (tertiary/aromatic N) is 1. The van der Waals surface area contributed by atoms with E-state index in [-0.39, 0.29) is 18.3 Å². The molecule has 122 valence electrons. The lowest BCUT2D eigenvalue weighted by atomic mass is 9.89. The zero-order valence-corrected chi connectivity index (χ0v) is 14.5. The van der Waals surface area contributed by atoms with Crippen molar-refractivity contribution in [3.63, 3.8) is 0 Å². The van der Waals surface area contributed by atoms with Crippen LogP contribution >= 0.6 is 35.6 Å². The lowest BCUT2D eigenvalue weighted by molar-refractivity contribution is -0.117. The highest BCUT2D eigenvalue weighted by Crippen LogP contribution is 2.27. The van der Waals surface area contributed by atoms with Crippen molar-refractivity contribution in [3.8, 4) is 0 Å². The van der Waals surface area contributed by atoms with Gasteiger partial charge in [0, 0.05) is 11.6 Å². The number of carbonyl (C=O) groups is 1. The Balaban J connectivity index is 0.00000176.